The topological polar surface area (TPSA) is 83.6 Å². The second kappa shape index (κ2) is 17.3. The number of rotatable bonds is 0. The third-order valence-corrected chi connectivity index (χ3v) is 0. The molecular formula is CH5CrNO4. The number of hydrogen-bond donors (Lipinski definition) is 2. The molecule has 0 aliphatic rings. The molecule has 0 saturated carbocycles. The minimum absolute atomic E-state index is 0. The Morgan fingerprint density at radius 2 is 1.57 bits per heavy atom. The van der Waals surface area contributed by atoms with Crippen molar-refractivity contribution in [3.63, 3.8) is 0 Å². The van der Waals surface area contributed by atoms with E-state index in [1.54, 1.807) is 0 Å². The summed E-state index contributed by atoms with van der Waals surface area (Å²) >= 11 is 0. The Hall–Kier alpha value is -0.308. The van der Waals surface area contributed by atoms with Crippen molar-refractivity contribution in [3.8, 4) is 0 Å². The molecule has 0 radical (unpaired) electrons. The van der Waals surface area contributed by atoms with Gasteiger partial charge in [-0.2, -0.15) is 0 Å². The second-order valence-electron chi connectivity index (χ2n) is 0.238. The van der Waals surface area contributed by atoms with Crippen molar-refractivity contribution in [1.82, 2.24) is 0 Å². The molecule has 0 aliphatic carbocycles. The minimum Gasteiger partial charge on any atom is -0.400 e. The molecule has 6 heteroatoms. The van der Waals surface area contributed by atoms with Crippen molar-refractivity contribution in [3.05, 3.63) is 10.1 Å². The van der Waals surface area contributed by atoms with Crippen molar-refractivity contribution in [2.24, 2.45) is 0 Å². The van der Waals surface area contributed by atoms with Crippen LogP contribution in [0.2, 0.25) is 0 Å². The Morgan fingerprint density at radius 1 is 1.57 bits per heavy atom. The first kappa shape index (κ1) is 15.9. The molecule has 0 spiro atoms. The van der Waals surface area contributed by atoms with Gasteiger partial charge in [0.25, 0.3) is 5.09 Å². The normalized spacial score (nSPS) is 4.29. The van der Waals surface area contributed by atoms with E-state index in [1.165, 1.54) is 0 Å². The van der Waals surface area contributed by atoms with E-state index >= 15 is 0 Å². The summed E-state index contributed by atoms with van der Waals surface area (Å²) in [6.45, 7) is 0. The molecule has 0 aromatic rings. The average molecular weight is 147 g/mol. The summed E-state index contributed by atoms with van der Waals surface area (Å²) in [6.07, 6.45) is 0. The molecule has 7 heavy (non-hydrogen) atoms. The predicted molar refractivity (Wildman–Crippen MR) is 16.9 cm³/mol. The molecule has 5 nitrogen and oxygen atoms in total. The van der Waals surface area contributed by atoms with Crippen LogP contribution in [0.15, 0.2) is 0 Å². The van der Waals surface area contributed by atoms with Gasteiger partial charge in [0, 0.05) is 24.5 Å². The van der Waals surface area contributed by atoms with Crippen LogP contribution in [0.3, 0.4) is 0 Å². The van der Waals surface area contributed by atoms with Crippen molar-refractivity contribution in [2.45, 2.75) is 0 Å². The van der Waals surface area contributed by atoms with Crippen LogP contribution in [0.25, 0.3) is 0 Å². The van der Waals surface area contributed by atoms with Crippen LogP contribution >= 0.6 is 0 Å². The molecule has 0 bridgehead atoms. The van der Waals surface area contributed by atoms with E-state index in [0.717, 1.165) is 7.11 Å². The summed E-state index contributed by atoms with van der Waals surface area (Å²) in [6, 6.07) is 0. The predicted octanol–water partition coefficient (Wildman–Crippen LogP) is -0.742. The van der Waals surface area contributed by atoms with Crippen molar-refractivity contribution in [2.75, 3.05) is 7.11 Å². The maximum Gasteiger partial charge on any atom is 0.291 e. The Balaban J connectivity index is -0.0000000480. The van der Waals surface area contributed by atoms with Crippen LogP contribution in [-0.2, 0) is 17.4 Å². The van der Waals surface area contributed by atoms with Gasteiger partial charge in [0.05, 0.1) is 0 Å². The van der Waals surface area contributed by atoms with Gasteiger partial charge < -0.3 is 10.3 Å². The van der Waals surface area contributed by atoms with Gasteiger partial charge in [-0.3, -0.25) is 0 Å². The molecule has 0 fully saturated rings. The smallest absolute Gasteiger partial charge is 0.291 e. The summed E-state index contributed by atoms with van der Waals surface area (Å²) in [7, 11) is 1.00. The maximum absolute atomic E-state index is 8.36. The van der Waals surface area contributed by atoms with Gasteiger partial charge in [0.15, 0.2) is 0 Å². The molecule has 0 rings (SSSR count). The monoisotopic (exact) mass is 147 g/mol. The van der Waals surface area contributed by atoms with E-state index in [0.29, 0.717) is 0 Å². The number of nitrogens with zero attached hydrogens (tertiary/aromatic N) is 1. The van der Waals surface area contributed by atoms with Crippen LogP contribution in [0, 0.1) is 10.1 Å². The summed E-state index contributed by atoms with van der Waals surface area (Å²) in [5, 5.41) is 20.6. The molecule has 0 aromatic carbocycles. The van der Waals surface area contributed by atoms with Gasteiger partial charge in [-0.05, 0) is 0 Å². The summed E-state index contributed by atoms with van der Waals surface area (Å²) in [4.78, 5) is 8.36. The van der Waals surface area contributed by atoms with Crippen LogP contribution in [-0.4, -0.2) is 22.5 Å². The van der Waals surface area contributed by atoms with Crippen molar-refractivity contribution in [1.29, 1.82) is 0 Å². The van der Waals surface area contributed by atoms with Gasteiger partial charge in [0.2, 0.25) is 0 Å². The first-order valence-electron chi connectivity index (χ1n) is 1.01. The summed E-state index contributed by atoms with van der Waals surface area (Å²) in [5.41, 5.74) is 0. The quantitative estimate of drug-likeness (QED) is 0.349. The van der Waals surface area contributed by atoms with Crippen LogP contribution < -0.4 is 0 Å². The zero-order chi connectivity index (χ0) is 5.58. The standard InChI is InChI=1S/CH4O.Cr.HNO3/c1-2;;2-1(3)4/h2H,1H3;;(H,2,3,4). The third kappa shape index (κ3) is 821. The van der Waals surface area contributed by atoms with Gasteiger partial charge in [-0.15, -0.1) is 10.1 Å². The minimum atomic E-state index is -1.50. The third-order valence-electron chi connectivity index (χ3n) is 0. The number of hydrogen-bond acceptors (Lipinski definition) is 3. The SMILES string of the molecule is CO.O=[N+]([O-])O.[Cr]. The molecule has 0 aromatic heterocycles. The number of aliphatic hydroxyl groups is 1. The fourth-order valence-corrected chi connectivity index (χ4v) is 0. The van der Waals surface area contributed by atoms with E-state index in [9.17, 15) is 0 Å². The van der Waals surface area contributed by atoms with Crippen LogP contribution in [0.5, 0.6) is 0 Å². The molecule has 0 aliphatic heterocycles. The van der Waals surface area contributed by atoms with Crippen molar-refractivity contribution >= 4 is 0 Å². The average Bonchev–Trinajstić information content (AvgIpc) is 1.41. The molecule has 0 atom stereocenters. The molecule has 0 unspecified atom stereocenters. The van der Waals surface area contributed by atoms with E-state index in [1.807, 2.05) is 0 Å². The summed E-state index contributed by atoms with van der Waals surface area (Å²) < 4.78 is 0. The Bertz CT molecular complexity index is 34.7. The van der Waals surface area contributed by atoms with Gasteiger partial charge >= 0.3 is 0 Å². The first-order valence-corrected chi connectivity index (χ1v) is 1.01. The molecule has 0 amide bonds. The Morgan fingerprint density at radius 3 is 1.57 bits per heavy atom. The molecule has 2 N–H and O–H groups in total. The van der Waals surface area contributed by atoms with Crippen LogP contribution in [0.4, 0.5) is 0 Å². The van der Waals surface area contributed by atoms with E-state index in [2.05, 4.69) is 0 Å². The zero-order valence-electron chi connectivity index (χ0n) is 3.57. The van der Waals surface area contributed by atoms with Gasteiger partial charge in [-0.25, -0.2) is 0 Å². The van der Waals surface area contributed by atoms with Crippen molar-refractivity contribution < 1.29 is 32.8 Å². The van der Waals surface area contributed by atoms with Crippen LogP contribution in [0.1, 0.15) is 0 Å². The van der Waals surface area contributed by atoms with E-state index in [-0.39, 0.29) is 17.4 Å². The fourth-order valence-electron chi connectivity index (χ4n) is 0. The molecule has 44 valence electrons. The Labute approximate surface area is 50.8 Å². The molecule has 0 saturated heterocycles. The zero-order valence-corrected chi connectivity index (χ0v) is 4.84. The summed E-state index contributed by atoms with van der Waals surface area (Å²) in [5.74, 6) is 0. The molecular weight excluding hydrogens is 142 g/mol. The Kier molecular flexibility index (Phi) is 39.3. The molecule has 0 heterocycles. The van der Waals surface area contributed by atoms with Gasteiger partial charge in [-0.1, -0.05) is 0 Å². The fraction of sp³-hybridized carbons (Fsp3) is 1.00. The van der Waals surface area contributed by atoms with E-state index in [4.69, 9.17) is 20.4 Å². The first-order chi connectivity index (χ1) is 2.73. The largest absolute Gasteiger partial charge is 0.400 e. The number of aliphatic hydroxyl groups excluding tert-OH is 1. The maximum atomic E-state index is 8.36. The van der Waals surface area contributed by atoms with Gasteiger partial charge in [0.1, 0.15) is 0 Å². The second-order valence-corrected chi connectivity index (χ2v) is 0.238. The van der Waals surface area contributed by atoms with E-state index < -0.39 is 5.09 Å².